The fourth-order valence-electron chi connectivity index (χ4n) is 0.894. The van der Waals surface area contributed by atoms with Crippen molar-refractivity contribution in [3.05, 3.63) is 28.5 Å². The molecule has 0 radical (unpaired) electrons. The molecule has 76 valence electrons. The number of amides is 1. The Kier molecular flexibility index (Phi) is 4.35. The molecule has 0 aliphatic heterocycles. The van der Waals surface area contributed by atoms with E-state index >= 15 is 0 Å². The third kappa shape index (κ3) is 3.72. The van der Waals surface area contributed by atoms with Crippen LogP contribution in [0.15, 0.2) is 23.6 Å². The van der Waals surface area contributed by atoms with Crippen molar-refractivity contribution in [2.75, 3.05) is 6.54 Å². The summed E-state index contributed by atoms with van der Waals surface area (Å²) in [7, 11) is 0. The summed E-state index contributed by atoms with van der Waals surface area (Å²) < 4.78 is 0. The van der Waals surface area contributed by atoms with Gasteiger partial charge in [-0.15, -0.1) is 11.3 Å². The Balaban J connectivity index is 2.41. The maximum absolute atomic E-state index is 11.3. The van der Waals surface area contributed by atoms with E-state index in [4.69, 9.17) is 5.73 Å². The average Bonchev–Trinajstić information content (AvgIpc) is 2.67. The van der Waals surface area contributed by atoms with E-state index in [1.807, 2.05) is 24.4 Å². The fraction of sp³-hybridized carbons (Fsp3) is 0.300. The van der Waals surface area contributed by atoms with Gasteiger partial charge >= 0.3 is 0 Å². The predicted molar refractivity (Wildman–Crippen MR) is 60.0 cm³/mol. The van der Waals surface area contributed by atoms with Crippen LogP contribution in [0.5, 0.6) is 0 Å². The molecule has 0 aliphatic carbocycles. The molecule has 0 saturated carbocycles. The van der Waals surface area contributed by atoms with Crippen molar-refractivity contribution in [3.8, 4) is 0 Å². The number of hydrogen-bond acceptors (Lipinski definition) is 3. The van der Waals surface area contributed by atoms with Crippen LogP contribution in [0.2, 0.25) is 0 Å². The van der Waals surface area contributed by atoms with Crippen molar-refractivity contribution >= 4 is 23.3 Å². The first-order chi connectivity index (χ1) is 6.72. The quantitative estimate of drug-likeness (QED) is 0.734. The van der Waals surface area contributed by atoms with E-state index in [2.05, 4.69) is 5.32 Å². The molecule has 0 spiro atoms. The maximum atomic E-state index is 11.3. The summed E-state index contributed by atoms with van der Waals surface area (Å²) in [6, 6.07) is 3.93. The fourth-order valence-corrected chi connectivity index (χ4v) is 1.51. The van der Waals surface area contributed by atoms with Gasteiger partial charge in [0.25, 0.3) is 0 Å². The molecule has 3 N–H and O–H groups in total. The first kappa shape index (κ1) is 10.9. The Hall–Kier alpha value is -1.13. The Labute approximate surface area is 87.6 Å². The van der Waals surface area contributed by atoms with Gasteiger partial charge in [0.1, 0.15) is 0 Å². The summed E-state index contributed by atoms with van der Waals surface area (Å²) in [4.78, 5) is 12.3. The maximum Gasteiger partial charge on any atom is 0.244 e. The number of nitrogens with one attached hydrogen (secondary N) is 1. The average molecular weight is 210 g/mol. The Morgan fingerprint density at radius 3 is 3.14 bits per heavy atom. The van der Waals surface area contributed by atoms with Crippen molar-refractivity contribution in [2.24, 2.45) is 5.73 Å². The highest BCUT2D eigenvalue weighted by molar-refractivity contribution is 7.10. The second-order valence-electron chi connectivity index (χ2n) is 2.99. The number of thiophene rings is 1. The lowest BCUT2D eigenvalue weighted by Crippen LogP contribution is -2.36. The number of carbonyl (C=O) groups is 1. The lowest BCUT2D eigenvalue weighted by atomic mass is 10.3. The minimum atomic E-state index is -0.101. The molecule has 0 aliphatic rings. The summed E-state index contributed by atoms with van der Waals surface area (Å²) in [5.74, 6) is -0.101. The monoisotopic (exact) mass is 210 g/mol. The smallest absolute Gasteiger partial charge is 0.244 e. The zero-order chi connectivity index (χ0) is 10.4. The largest absolute Gasteiger partial charge is 0.349 e. The van der Waals surface area contributed by atoms with Crippen LogP contribution in [0, 0.1) is 0 Å². The molecule has 0 fully saturated rings. The van der Waals surface area contributed by atoms with E-state index in [-0.39, 0.29) is 11.9 Å². The van der Waals surface area contributed by atoms with E-state index in [1.165, 1.54) is 6.08 Å². The summed E-state index contributed by atoms with van der Waals surface area (Å²) in [5, 5.41) is 4.72. The topological polar surface area (TPSA) is 55.1 Å². The molecule has 1 amide bonds. The normalized spacial score (nSPS) is 13.0. The van der Waals surface area contributed by atoms with Gasteiger partial charge in [-0.1, -0.05) is 6.07 Å². The highest BCUT2D eigenvalue weighted by Gasteiger charge is 2.00. The van der Waals surface area contributed by atoms with Gasteiger partial charge in [0.05, 0.1) is 0 Å². The van der Waals surface area contributed by atoms with E-state index in [1.54, 1.807) is 17.4 Å². The van der Waals surface area contributed by atoms with E-state index in [0.29, 0.717) is 6.54 Å². The molecule has 0 unspecified atom stereocenters. The Morgan fingerprint density at radius 1 is 1.79 bits per heavy atom. The molecule has 1 heterocycles. The van der Waals surface area contributed by atoms with Crippen molar-refractivity contribution in [3.63, 3.8) is 0 Å². The molecular formula is C10H14N2OS. The Bertz CT molecular complexity index is 306. The van der Waals surface area contributed by atoms with Crippen LogP contribution in [0.1, 0.15) is 11.8 Å². The second kappa shape index (κ2) is 5.57. The second-order valence-corrected chi connectivity index (χ2v) is 3.97. The Morgan fingerprint density at radius 2 is 2.57 bits per heavy atom. The van der Waals surface area contributed by atoms with Gasteiger partial charge < -0.3 is 11.1 Å². The van der Waals surface area contributed by atoms with E-state index < -0.39 is 0 Å². The van der Waals surface area contributed by atoms with Gasteiger partial charge in [-0.2, -0.15) is 0 Å². The lowest BCUT2D eigenvalue weighted by Gasteiger charge is -2.07. The molecule has 1 rings (SSSR count). The van der Waals surface area contributed by atoms with Crippen LogP contribution < -0.4 is 11.1 Å². The van der Waals surface area contributed by atoms with Gasteiger partial charge in [-0.05, 0) is 24.4 Å². The summed E-state index contributed by atoms with van der Waals surface area (Å²) >= 11 is 1.60. The third-order valence-corrected chi connectivity index (χ3v) is 2.52. The van der Waals surface area contributed by atoms with Crippen LogP contribution in [0.3, 0.4) is 0 Å². The predicted octanol–water partition coefficient (Wildman–Crippen LogP) is 1.22. The molecule has 14 heavy (non-hydrogen) atoms. The third-order valence-electron chi connectivity index (χ3n) is 1.68. The van der Waals surface area contributed by atoms with Gasteiger partial charge in [0.15, 0.2) is 0 Å². The van der Waals surface area contributed by atoms with Crippen molar-refractivity contribution in [1.82, 2.24) is 5.32 Å². The van der Waals surface area contributed by atoms with Crippen molar-refractivity contribution in [2.45, 2.75) is 13.0 Å². The molecule has 0 aromatic carbocycles. The van der Waals surface area contributed by atoms with Crippen LogP contribution in [0.25, 0.3) is 6.08 Å². The minimum Gasteiger partial charge on any atom is -0.349 e. The van der Waals surface area contributed by atoms with Crippen LogP contribution >= 0.6 is 11.3 Å². The molecular weight excluding hydrogens is 196 g/mol. The molecule has 3 nitrogen and oxygen atoms in total. The van der Waals surface area contributed by atoms with Gasteiger partial charge in [0.2, 0.25) is 5.91 Å². The van der Waals surface area contributed by atoms with E-state index in [9.17, 15) is 4.79 Å². The van der Waals surface area contributed by atoms with Crippen molar-refractivity contribution < 1.29 is 4.79 Å². The van der Waals surface area contributed by atoms with Gasteiger partial charge in [0, 0.05) is 23.5 Å². The lowest BCUT2D eigenvalue weighted by molar-refractivity contribution is -0.116. The van der Waals surface area contributed by atoms with Crippen molar-refractivity contribution in [1.29, 1.82) is 0 Å². The number of carbonyl (C=O) groups excluding carboxylic acids is 1. The summed E-state index contributed by atoms with van der Waals surface area (Å²) in [6.07, 6.45) is 3.32. The molecule has 1 aromatic heterocycles. The molecule has 1 aromatic rings. The molecule has 1 atom stereocenters. The first-order valence-electron chi connectivity index (χ1n) is 4.44. The molecule has 0 bridgehead atoms. The summed E-state index contributed by atoms with van der Waals surface area (Å²) in [6.45, 7) is 2.33. The molecule has 4 heteroatoms. The number of hydrogen-bond donors (Lipinski definition) is 2. The SMILES string of the molecule is C[C@H](CN)NC(=O)/C=C/c1cccs1. The zero-order valence-electron chi connectivity index (χ0n) is 8.07. The number of nitrogens with two attached hydrogens (primary N) is 1. The van der Waals surface area contributed by atoms with Gasteiger partial charge in [-0.3, -0.25) is 4.79 Å². The highest BCUT2D eigenvalue weighted by Crippen LogP contribution is 2.09. The summed E-state index contributed by atoms with van der Waals surface area (Å²) in [5.41, 5.74) is 5.37. The zero-order valence-corrected chi connectivity index (χ0v) is 8.88. The first-order valence-corrected chi connectivity index (χ1v) is 5.32. The van der Waals surface area contributed by atoms with E-state index in [0.717, 1.165) is 4.88 Å². The highest BCUT2D eigenvalue weighted by atomic mass is 32.1. The standard InChI is InChI=1S/C10H14N2OS/c1-8(7-11)12-10(13)5-4-9-3-2-6-14-9/h2-6,8H,7,11H2,1H3,(H,12,13)/b5-4+/t8-/m1/s1. The van der Waals surface area contributed by atoms with Crippen LogP contribution in [-0.2, 0) is 4.79 Å². The molecule has 0 saturated heterocycles. The van der Waals surface area contributed by atoms with Crippen LogP contribution in [0.4, 0.5) is 0 Å². The van der Waals surface area contributed by atoms with Crippen LogP contribution in [-0.4, -0.2) is 18.5 Å². The van der Waals surface area contributed by atoms with Gasteiger partial charge in [-0.25, -0.2) is 0 Å². The minimum absolute atomic E-state index is 0.0236. The number of rotatable bonds is 4.